The average Bonchev–Trinajstić information content (AvgIpc) is 2.51. The number of hydrogen-bond donors (Lipinski definition) is 3. The minimum atomic E-state index is -0.430. The molecule has 0 aliphatic rings. The van der Waals surface area contributed by atoms with Crippen LogP contribution in [0.4, 0.5) is 0 Å². The topological polar surface area (TPSA) is 111 Å². The van der Waals surface area contributed by atoms with E-state index in [9.17, 15) is 9.59 Å². The van der Waals surface area contributed by atoms with Crippen LogP contribution in [0.15, 0.2) is 28.7 Å². The third-order valence-corrected chi connectivity index (χ3v) is 4.03. The van der Waals surface area contributed by atoms with Crippen molar-refractivity contribution in [3.8, 4) is 0 Å². The van der Waals surface area contributed by atoms with E-state index in [0.717, 1.165) is 16.5 Å². The van der Waals surface area contributed by atoms with Crippen molar-refractivity contribution in [3.63, 3.8) is 0 Å². The standard InChI is InChI=1S/C16H25BrN4O3/c1-21(20-15(22)9-13(19)6-4-8-18)10-16(23)24-11-12-5-2-3-7-14(12)17/h2-3,5,7,13H,4,6,8-11,18-19H2,1H3,(H,20,22)/t13-/m0/s1. The predicted molar refractivity (Wildman–Crippen MR) is 95.6 cm³/mol. The van der Waals surface area contributed by atoms with Crippen LogP contribution in [0.25, 0.3) is 0 Å². The Morgan fingerprint density at radius 3 is 2.75 bits per heavy atom. The fourth-order valence-corrected chi connectivity index (χ4v) is 2.43. The summed E-state index contributed by atoms with van der Waals surface area (Å²) in [5, 5.41) is 1.39. The first kappa shape index (κ1) is 20.6. The number of carbonyl (C=O) groups excluding carboxylic acids is 2. The van der Waals surface area contributed by atoms with E-state index in [4.69, 9.17) is 16.2 Å². The zero-order valence-corrected chi connectivity index (χ0v) is 15.4. The summed E-state index contributed by atoms with van der Waals surface area (Å²) in [5.41, 5.74) is 14.7. The predicted octanol–water partition coefficient (Wildman–Crippen LogP) is 0.912. The van der Waals surface area contributed by atoms with Gasteiger partial charge in [0.1, 0.15) is 13.2 Å². The van der Waals surface area contributed by atoms with Crippen molar-refractivity contribution in [2.24, 2.45) is 11.5 Å². The number of nitrogens with two attached hydrogens (primary N) is 2. The maximum atomic E-state index is 11.8. The smallest absolute Gasteiger partial charge is 0.322 e. The largest absolute Gasteiger partial charge is 0.460 e. The fraction of sp³-hybridized carbons (Fsp3) is 0.500. The van der Waals surface area contributed by atoms with E-state index in [2.05, 4.69) is 21.4 Å². The SMILES string of the molecule is CN(CC(=O)OCc1ccccc1Br)NC(=O)C[C@@H](N)CCCN. The van der Waals surface area contributed by atoms with Gasteiger partial charge in [-0.3, -0.25) is 15.0 Å². The Balaban J connectivity index is 2.28. The molecule has 0 spiro atoms. The molecule has 0 fully saturated rings. The second-order valence-corrected chi connectivity index (χ2v) is 6.39. The Morgan fingerprint density at radius 2 is 2.08 bits per heavy atom. The van der Waals surface area contributed by atoms with E-state index in [1.54, 1.807) is 7.05 Å². The summed E-state index contributed by atoms with van der Waals surface area (Å²) in [6, 6.07) is 7.27. The molecule has 0 saturated heterocycles. The first-order valence-corrected chi connectivity index (χ1v) is 8.57. The van der Waals surface area contributed by atoms with E-state index >= 15 is 0 Å². The van der Waals surface area contributed by atoms with Gasteiger partial charge in [0.15, 0.2) is 0 Å². The molecular weight excluding hydrogens is 376 g/mol. The molecule has 1 rings (SSSR count). The normalized spacial score (nSPS) is 12.0. The number of rotatable bonds is 10. The molecule has 0 aliphatic carbocycles. The molecule has 0 unspecified atom stereocenters. The highest BCUT2D eigenvalue weighted by Crippen LogP contribution is 2.16. The van der Waals surface area contributed by atoms with E-state index in [1.165, 1.54) is 5.01 Å². The van der Waals surface area contributed by atoms with Crippen LogP contribution in [0, 0.1) is 0 Å². The van der Waals surface area contributed by atoms with Gasteiger partial charge in [-0.05, 0) is 25.5 Å². The number of hydrogen-bond acceptors (Lipinski definition) is 6. The van der Waals surface area contributed by atoms with E-state index in [1.807, 2.05) is 24.3 Å². The quantitative estimate of drug-likeness (QED) is 0.397. The molecule has 1 amide bonds. The van der Waals surface area contributed by atoms with Gasteiger partial charge < -0.3 is 16.2 Å². The van der Waals surface area contributed by atoms with Gasteiger partial charge in [-0.15, -0.1) is 0 Å². The summed E-state index contributed by atoms with van der Waals surface area (Å²) in [6.07, 6.45) is 1.67. The van der Waals surface area contributed by atoms with Crippen molar-refractivity contribution in [2.45, 2.75) is 31.9 Å². The molecule has 0 heterocycles. The maximum Gasteiger partial charge on any atom is 0.322 e. The van der Waals surface area contributed by atoms with Gasteiger partial charge in [-0.2, -0.15) is 0 Å². The number of nitrogens with zero attached hydrogens (tertiary/aromatic N) is 1. The van der Waals surface area contributed by atoms with Crippen molar-refractivity contribution in [2.75, 3.05) is 20.1 Å². The lowest BCUT2D eigenvalue weighted by molar-refractivity contribution is -0.147. The third kappa shape index (κ3) is 8.39. The van der Waals surface area contributed by atoms with Crippen LogP contribution in [0.2, 0.25) is 0 Å². The van der Waals surface area contributed by atoms with Crippen LogP contribution >= 0.6 is 15.9 Å². The van der Waals surface area contributed by atoms with Crippen molar-refractivity contribution < 1.29 is 14.3 Å². The number of amides is 1. The van der Waals surface area contributed by atoms with Gasteiger partial charge in [-0.25, -0.2) is 5.01 Å². The number of hydrazine groups is 1. The molecule has 0 aliphatic heterocycles. The number of nitrogens with one attached hydrogen (secondary N) is 1. The number of esters is 1. The van der Waals surface area contributed by atoms with Crippen LogP contribution in [-0.4, -0.2) is 43.1 Å². The zero-order valence-electron chi connectivity index (χ0n) is 13.8. The van der Waals surface area contributed by atoms with Crippen molar-refractivity contribution >= 4 is 27.8 Å². The summed E-state index contributed by atoms with van der Waals surface area (Å²) >= 11 is 3.39. The van der Waals surface area contributed by atoms with Crippen molar-refractivity contribution in [3.05, 3.63) is 34.3 Å². The number of halogens is 1. The third-order valence-electron chi connectivity index (χ3n) is 3.25. The lowest BCUT2D eigenvalue weighted by Gasteiger charge is -2.18. The molecule has 5 N–H and O–H groups in total. The lowest BCUT2D eigenvalue weighted by Crippen LogP contribution is -2.44. The number of carbonyl (C=O) groups is 2. The van der Waals surface area contributed by atoms with Crippen molar-refractivity contribution in [1.82, 2.24) is 10.4 Å². The maximum absolute atomic E-state index is 11.8. The van der Waals surface area contributed by atoms with Crippen LogP contribution in [0.1, 0.15) is 24.8 Å². The minimum absolute atomic E-state index is 0.0474. The zero-order chi connectivity index (χ0) is 17.9. The van der Waals surface area contributed by atoms with Gasteiger partial charge in [0, 0.05) is 29.5 Å². The van der Waals surface area contributed by atoms with Crippen molar-refractivity contribution in [1.29, 1.82) is 0 Å². The second kappa shape index (κ2) is 11.1. The Hall–Kier alpha value is -1.48. The number of ether oxygens (including phenoxy) is 1. The highest BCUT2D eigenvalue weighted by molar-refractivity contribution is 9.10. The van der Waals surface area contributed by atoms with Gasteiger partial charge in [0.2, 0.25) is 5.91 Å². The van der Waals surface area contributed by atoms with Crippen LogP contribution < -0.4 is 16.9 Å². The fourth-order valence-electron chi connectivity index (χ4n) is 2.03. The lowest BCUT2D eigenvalue weighted by atomic mass is 10.1. The summed E-state index contributed by atoms with van der Waals surface area (Å²) < 4.78 is 6.08. The molecule has 0 bridgehead atoms. The molecule has 1 atom stereocenters. The molecule has 1 aromatic rings. The Labute approximate surface area is 150 Å². The average molecular weight is 401 g/mol. The first-order valence-electron chi connectivity index (χ1n) is 7.77. The second-order valence-electron chi connectivity index (χ2n) is 5.54. The van der Waals surface area contributed by atoms with E-state index in [-0.39, 0.29) is 31.5 Å². The molecule has 0 saturated carbocycles. The highest BCUT2D eigenvalue weighted by atomic mass is 79.9. The molecule has 7 nitrogen and oxygen atoms in total. The highest BCUT2D eigenvalue weighted by Gasteiger charge is 2.14. The molecule has 0 aromatic heterocycles. The summed E-state index contributed by atoms with van der Waals surface area (Å²) in [4.78, 5) is 23.6. The number of likely N-dealkylation sites (N-methyl/N-ethyl adjacent to an activating group) is 1. The first-order chi connectivity index (χ1) is 11.4. The molecule has 1 aromatic carbocycles. The number of benzene rings is 1. The van der Waals surface area contributed by atoms with Gasteiger partial charge in [0.25, 0.3) is 0 Å². The Bertz CT molecular complexity index is 542. The van der Waals surface area contributed by atoms with Gasteiger partial charge >= 0.3 is 5.97 Å². The summed E-state index contributed by atoms with van der Waals surface area (Å²) in [5.74, 6) is -0.665. The van der Waals surface area contributed by atoms with E-state index < -0.39 is 5.97 Å². The summed E-state index contributed by atoms with van der Waals surface area (Å²) in [6.45, 7) is 0.679. The van der Waals surface area contributed by atoms with Gasteiger partial charge in [0.05, 0.1) is 0 Å². The molecule has 8 heteroatoms. The Morgan fingerprint density at radius 1 is 1.38 bits per heavy atom. The molecule has 134 valence electrons. The monoisotopic (exact) mass is 400 g/mol. The van der Waals surface area contributed by atoms with Gasteiger partial charge in [-0.1, -0.05) is 34.1 Å². The molecular formula is C16H25BrN4O3. The molecule has 24 heavy (non-hydrogen) atoms. The summed E-state index contributed by atoms with van der Waals surface area (Å²) in [7, 11) is 1.60. The molecule has 0 radical (unpaired) electrons. The Kier molecular flexibility index (Phi) is 9.55. The van der Waals surface area contributed by atoms with E-state index in [0.29, 0.717) is 13.0 Å². The minimum Gasteiger partial charge on any atom is -0.460 e. The van der Waals surface area contributed by atoms with Crippen LogP contribution in [-0.2, 0) is 20.9 Å². The van der Waals surface area contributed by atoms with Crippen LogP contribution in [0.5, 0.6) is 0 Å². The van der Waals surface area contributed by atoms with Crippen LogP contribution in [0.3, 0.4) is 0 Å².